The van der Waals surface area contributed by atoms with E-state index in [2.05, 4.69) is 22.5 Å². The quantitative estimate of drug-likeness (QED) is 0.133. The standard InChI is InChI=1S/C33H60N4O13/c1-17(48-30(2,3)4)34-14-13-20(38)26(42)35-19-15-18(36-28(43)49-31(5,6)7)21(39)22(40)24(19)47-27-23(41)25(33(11,45)16-46-27)37(12)29(44)50-32(8,9)10/h18-25,27,34,38-41,45H,1,13-16H2,2-12H3,(H,35,42)(H,36,43)/t18-,19+,20-,21+,22-,23+,24-,25+,27+,33-/m0/s1. The molecule has 2 fully saturated rings. The average Bonchev–Trinajstić information content (AvgIpc) is 2.91. The van der Waals surface area contributed by atoms with Crippen LogP contribution in [0.1, 0.15) is 82.1 Å². The minimum absolute atomic E-state index is 0.0699. The maximum Gasteiger partial charge on any atom is 0.410 e. The summed E-state index contributed by atoms with van der Waals surface area (Å²) in [7, 11) is 1.33. The molecule has 290 valence electrons. The first-order valence-electron chi connectivity index (χ1n) is 16.7. The molecule has 8 N–H and O–H groups in total. The van der Waals surface area contributed by atoms with Crippen molar-refractivity contribution in [2.75, 3.05) is 20.2 Å². The maximum atomic E-state index is 13.2. The lowest BCUT2D eigenvalue weighted by Gasteiger charge is -2.50. The van der Waals surface area contributed by atoms with Crippen LogP contribution in [-0.2, 0) is 28.5 Å². The molecule has 0 bridgehead atoms. The van der Waals surface area contributed by atoms with Crippen LogP contribution in [-0.4, -0.2) is 146 Å². The van der Waals surface area contributed by atoms with Crippen molar-refractivity contribution < 1.29 is 63.6 Å². The predicted octanol–water partition coefficient (Wildman–Crippen LogP) is 0.206. The van der Waals surface area contributed by atoms with Crippen molar-refractivity contribution in [1.82, 2.24) is 20.9 Å². The first kappa shape index (κ1) is 43.2. The molecule has 1 aliphatic carbocycles. The molecule has 0 aromatic carbocycles. The zero-order chi connectivity index (χ0) is 38.6. The molecule has 0 unspecified atom stereocenters. The summed E-state index contributed by atoms with van der Waals surface area (Å²) < 4.78 is 27.9. The molecule has 0 aromatic rings. The molecule has 1 saturated carbocycles. The number of aliphatic hydroxyl groups is 5. The number of hydrogen-bond donors (Lipinski definition) is 8. The number of nitrogens with zero attached hydrogens (tertiary/aromatic N) is 1. The van der Waals surface area contributed by atoms with E-state index >= 15 is 0 Å². The molecule has 0 spiro atoms. The van der Waals surface area contributed by atoms with Crippen molar-refractivity contribution in [2.24, 2.45) is 0 Å². The summed E-state index contributed by atoms with van der Waals surface area (Å²) in [4.78, 5) is 39.7. The Balaban J connectivity index is 2.30. The van der Waals surface area contributed by atoms with Gasteiger partial charge in [-0.2, -0.15) is 0 Å². The van der Waals surface area contributed by atoms with Crippen molar-refractivity contribution in [3.05, 3.63) is 12.5 Å². The lowest BCUT2D eigenvalue weighted by molar-refractivity contribution is -0.305. The van der Waals surface area contributed by atoms with Gasteiger partial charge in [-0.05, 0) is 88.7 Å². The Hall–Kier alpha value is -2.93. The number of amides is 3. The Bertz CT molecular complexity index is 1180. The first-order valence-corrected chi connectivity index (χ1v) is 16.7. The second-order valence-corrected chi connectivity index (χ2v) is 16.1. The highest BCUT2D eigenvalue weighted by molar-refractivity contribution is 5.81. The SMILES string of the molecule is C=C(NCC[C@H](O)C(=O)N[C@@H]1C[C@H](NC(=O)OC(C)(C)C)[C@@H](O)[C@H](O)[C@H]1O[C@H]1OC[C@](C)(O)[C@H](N(C)C(=O)OC(C)(C)C)[C@H]1O)OC(C)(C)C. The van der Waals surface area contributed by atoms with Crippen molar-refractivity contribution in [3.8, 4) is 0 Å². The fourth-order valence-corrected chi connectivity index (χ4v) is 5.62. The molecular weight excluding hydrogens is 660 g/mol. The van der Waals surface area contributed by atoms with Crippen LogP contribution in [0.2, 0.25) is 0 Å². The van der Waals surface area contributed by atoms with Gasteiger partial charge in [-0.25, -0.2) is 9.59 Å². The van der Waals surface area contributed by atoms with Crippen LogP contribution >= 0.6 is 0 Å². The first-order chi connectivity index (χ1) is 22.6. The highest BCUT2D eigenvalue weighted by Crippen LogP contribution is 2.33. The van der Waals surface area contributed by atoms with E-state index in [-0.39, 0.29) is 25.3 Å². The van der Waals surface area contributed by atoms with Gasteiger partial charge in [-0.3, -0.25) is 4.79 Å². The largest absolute Gasteiger partial charge is 0.474 e. The van der Waals surface area contributed by atoms with Crippen LogP contribution in [0.4, 0.5) is 9.59 Å². The molecule has 10 atom stereocenters. The zero-order valence-electron chi connectivity index (χ0n) is 31.2. The fraction of sp³-hybridized carbons (Fsp3) is 0.848. The van der Waals surface area contributed by atoms with Gasteiger partial charge < -0.3 is 70.1 Å². The Morgan fingerprint density at radius 3 is 2.00 bits per heavy atom. The number of carbonyl (C=O) groups excluding carboxylic acids is 3. The van der Waals surface area contributed by atoms with Gasteiger partial charge in [0.15, 0.2) is 12.2 Å². The number of hydrogen-bond acceptors (Lipinski definition) is 14. The van der Waals surface area contributed by atoms with E-state index in [1.165, 1.54) is 14.0 Å². The van der Waals surface area contributed by atoms with Crippen LogP contribution in [0.3, 0.4) is 0 Å². The number of rotatable bonds is 11. The Morgan fingerprint density at radius 2 is 1.46 bits per heavy atom. The highest BCUT2D eigenvalue weighted by Gasteiger charge is 2.54. The third-order valence-corrected chi connectivity index (χ3v) is 7.67. The molecule has 1 aliphatic heterocycles. The molecule has 2 rings (SSSR count). The Labute approximate surface area is 294 Å². The topological polar surface area (TPSA) is 238 Å². The third kappa shape index (κ3) is 13.0. The highest BCUT2D eigenvalue weighted by atomic mass is 16.7. The van der Waals surface area contributed by atoms with E-state index in [4.69, 9.17) is 23.7 Å². The summed E-state index contributed by atoms with van der Waals surface area (Å²) in [6.45, 7) is 20.2. The summed E-state index contributed by atoms with van der Waals surface area (Å²) in [6.07, 6.45) is -11.8. The number of ether oxygens (including phenoxy) is 5. The molecule has 50 heavy (non-hydrogen) atoms. The van der Waals surface area contributed by atoms with E-state index in [0.717, 1.165) is 4.90 Å². The molecule has 17 heteroatoms. The number of carbonyl (C=O) groups is 3. The fourth-order valence-electron chi connectivity index (χ4n) is 5.62. The molecule has 3 amide bonds. The van der Waals surface area contributed by atoms with Crippen molar-refractivity contribution >= 4 is 18.1 Å². The summed E-state index contributed by atoms with van der Waals surface area (Å²) in [5.74, 6) is -0.609. The summed E-state index contributed by atoms with van der Waals surface area (Å²) in [6, 6.07) is -3.64. The molecule has 2 aliphatic rings. The molecule has 1 saturated heterocycles. The summed E-state index contributed by atoms with van der Waals surface area (Å²) in [5, 5.41) is 63.5. The van der Waals surface area contributed by atoms with Gasteiger partial charge in [-0.1, -0.05) is 0 Å². The predicted molar refractivity (Wildman–Crippen MR) is 179 cm³/mol. The van der Waals surface area contributed by atoms with Gasteiger partial charge >= 0.3 is 12.2 Å². The van der Waals surface area contributed by atoms with Crippen LogP contribution < -0.4 is 16.0 Å². The van der Waals surface area contributed by atoms with Gasteiger partial charge in [0, 0.05) is 13.6 Å². The molecule has 0 aromatic heterocycles. The number of aliphatic hydroxyl groups excluding tert-OH is 4. The Kier molecular flexibility index (Phi) is 14.4. The Morgan fingerprint density at radius 1 is 0.900 bits per heavy atom. The van der Waals surface area contributed by atoms with E-state index in [9.17, 15) is 39.9 Å². The van der Waals surface area contributed by atoms with Gasteiger partial charge in [0.2, 0.25) is 5.91 Å². The van der Waals surface area contributed by atoms with Crippen molar-refractivity contribution in [1.29, 1.82) is 0 Å². The molecular formula is C33H60N4O13. The number of nitrogens with one attached hydrogen (secondary N) is 3. The summed E-state index contributed by atoms with van der Waals surface area (Å²) >= 11 is 0. The smallest absolute Gasteiger partial charge is 0.410 e. The van der Waals surface area contributed by atoms with E-state index in [1.807, 2.05) is 20.8 Å². The number of alkyl carbamates (subject to hydrolysis) is 1. The second-order valence-electron chi connectivity index (χ2n) is 16.1. The van der Waals surface area contributed by atoms with Crippen molar-refractivity contribution in [3.63, 3.8) is 0 Å². The minimum atomic E-state index is -1.79. The van der Waals surface area contributed by atoms with E-state index in [0.29, 0.717) is 0 Å². The second kappa shape index (κ2) is 16.6. The van der Waals surface area contributed by atoms with Crippen LogP contribution in [0.5, 0.6) is 0 Å². The van der Waals surface area contributed by atoms with Crippen LogP contribution in [0, 0.1) is 0 Å². The monoisotopic (exact) mass is 720 g/mol. The third-order valence-electron chi connectivity index (χ3n) is 7.67. The van der Waals surface area contributed by atoms with Crippen LogP contribution in [0.25, 0.3) is 0 Å². The van der Waals surface area contributed by atoms with Gasteiger partial charge in [0.05, 0.1) is 24.7 Å². The van der Waals surface area contributed by atoms with E-state index < -0.39 is 102 Å². The minimum Gasteiger partial charge on any atom is -0.474 e. The maximum absolute atomic E-state index is 13.2. The average molecular weight is 721 g/mol. The van der Waals surface area contributed by atoms with Gasteiger partial charge in [0.1, 0.15) is 52.9 Å². The van der Waals surface area contributed by atoms with Gasteiger partial charge in [0.25, 0.3) is 0 Å². The lowest BCUT2D eigenvalue weighted by atomic mass is 9.83. The lowest BCUT2D eigenvalue weighted by Crippen LogP contribution is -2.70. The van der Waals surface area contributed by atoms with Gasteiger partial charge in [-0.15, -0.1) is 0 Å². The molecule has 17 nitrogen and oxygen atoms in total. The molecule has 1 heterocycles. The normalized spacial score (nSPS) is 31.1. The summed E-state index contributed by atoms with van der Waals surface area (Å²) in [5.41, 5.74) is -4.04. The van der Waals surface area contributed by atoms with E-state index in [1.54, 1.807) is 41.5 Å². The van der Waals surface area contributed by atoms with Crippen molar-refractivity contribution in [2.45, 2.75) is 159 Å². The number of likely N-dealkylation sites (N-methyl/N-ethyl adjacent to an activating group) is 1. The molecule has 0 radical (unpaired) electrons. The zero-order valence-corrected chi connectivity index (χ0v) is 31.2. The van der Waals surface area contributed by atoms with Crippen LogP contribution in [0.15, 0.2) is 12.5 Å².